The van der Waals surface area contributed by atoms with Gasteiger partial charge in [-0.2, -0.15) is 0 Å². The van der Waals surface area contributed by atoms with Crippen LogP contribution in [-0.4, -0.2) is 29.3 Å². The summed E-state index contributed by atoms with van der Waals surface area (Å²) >= 11 is 1.42. The standard InChI is InChI=1S/C22H21NO4S/c1-14-17-11-7-8-12-18(17)23-19(20(14)22(25)26-3)13-27-21(24)15(2)28-16-9-5-4-6-10-16/h4-12,15H,13H2,1-3H3. The predicted octanol–water partition coefficient (Wildman–Crippen LogP) is 4.55. The lowest BCUT2D eigenvalue weighted by atomic mass is 10.0. The number of carbonyl (C=O) groups excluding carboxylic acids is 2. The molecule has 1 unspecified atom stereocenters. The second-order valence-electron chi connectivity index (χ2n) is 6.25. The third-order valence-electron chi connectivity index (χ3n) is 4.36. The fourth-order valence-corrected chi connectivity index (χ4v) is 3.81. The smallest absolute Gasteiger partial charge is 0.340 e. The summed E-state index contributed by atoms with van der Waals surface area (Å²) in [6.45, 7) is 3.55. The van der Waals surface area contributed by atoms with Gasteiger partial charge in [-0.1, -0.05) is 36.4 Å². The molecule has 1 atom stereocenters. The number of hydrogen-bond donors (Lipinski definition) is 0. The van der Waals surface area contributed by atoms with Crippen LogP contribution in [0.15, 0.2) is 59.5 Å². The number of esters is 2. The van der Waals surface area contributed by atoms with E-state index in [2.05, 4.69) is 4.98 Å². The van der Waals surface area contributed by atoms with Gasteiger partial charge in [0.1, 0.15) is 11.9 Å². The summed E-state index contributed by atoms with van der Waals surface area (Å²) in [5.74, 6) is -0.856. The zero-order chi connectivity index (χ0) is 20.1. The molecule has 0 bridgehead atoms. The molecule has 0 fully saturated rings. The second-order valence-corrected chi connectivity index (χ2v) is 7.66. The Morgan fingerprint density at radius 1 is 1.07 bits per heavy atom. The first-order chi connectivity index (χ1) is 13.5. The highest BCUT2D eigenvalue weighted by Gasteiger charge is 2.22. The van der Waals surface area contributed by atoms with E-state index < -0.39 is 5.97 Å². The topological polar surface area (TPSA) is 65.5 Å². The molecule has 5 nitrogen and oxygen atoms in total. The van der Waals surface area contributed by atoms with Gasteiger partial charge in [0.25, 0.3) is 0 Å². The van der Waals surface area contributed by atoms with E-state index in [9.17, 15) is 9.59 Å². The number of pyridine rings is 1. The molecule has 3 rings (SSSR count). The Hall–Kier alpha value is -2.86. The van der Waals surface area contributed by atoms with Crippen molar-refractivity contribution in [1.29, 1.82) is 0 Å². The molecule has 0 aliphatic rings. The van der Waals surface area contributed by atoms with Crippen molar-refractivity contribution in [3.63, 3.8) is 0 Å². The van der Waals surface area contributed by atoms with E-state index >= 15 is 0 Å². The number of fused-ring (bicyclic) bond motifs is 1. The van der Waals surface area contributed by atoms with Gasteiger partial charge in [-0.3, -0.25) is 4.79 Å². The summed E-state index contributed by atoms with van der Waals surface area (Å²) in [6.07, 6.45) is 0. The number of ether oxygens (including phenoxy) is 2. The highest BCUT2D eigenvalue weighted by atomic mass is 32.2. The molecule has 1 aromatic heterocycles. The molecule has 0 radical (unpaired) electrons. The largest absolute Gasteiger partial charge is 0.465 e. The average Bonchev–Trinajstić information content (AvgIpc) is 2.72. The number of rotatable bonds is 6. The highest BCUT2D eigenvalue weighted by molar-refractivity contribution is 8.00. The van der Waals surface area contributed by atoms with Crippen molar-refractivity contribution in [2.75, 3.05) is 7.11 Å². The van der Waals surface area contributed by atoms with E-state index in [1.165, 1.54) is 18.9 Å². The molecule has 28 heavy (non-hydrogen) atoms. The molecule has 0 aliphatic heterocycles. The number of methoxy groups -OCH3 is 1. The lowest BCUT2D eigenvalue weighted by Crippen LogP contribution is -2.19. The molecule has 0 aliphatic carbocycles. The van der Waals surface area contributed by atoms with Gasteiger partial charge in [-0.05, 0) is 37.6 Å². The van der Waals surface area contributed by atoms with Crippen LogP contribution in [-0.2, 0) is 20.9 Å². The predicted molar refractivity (Wildman–Crippen MR) is 109 cm³/mol. The normalized spacial score (nSPS) is 11.8. The van der Waals surface area contributed by atoms with Gasteiger partial charge >= 0.3 is 11.9 Å². The third kappa shape index (κ3) is 4.34. The highest BCUT2D eigenvalue weighted by Crippen LogP contribution is 2.26. The maximum absolute atomic E-state index is 12.4. The summed E-state index contributed by atoms with van der Waals surface area (Å²) in [5.41, 5.74) is 2.24. The third-order valence-corrected chi connectivity index (χ3v) is 5.45. The molecule has 0 amide bonds. The Morgan fingerprint density at radius 3 is 2.46 bits per heavy atom. The molecule has 0 N–H and O–H groups in total. The maximum Gasteiger partial charge on any atom is 0.340 e. The molecule has 1 heterocycles. The van der Waals surface area contributed by atoms with Crippen LogP contribution in [0.4, 0.5) is 0 Å². The molecule has 6 heteroatoms. The van der Waals surface area contributed by atoms with Crippen LogP contribution in [0.2, 0.25) is 0 Å². The minimum Gasteiger partial charge on any atom is -0.465 e. The summed E-state index contributed by atoms with van der Waals surface area (Å²) in [6, 6.07) is 17.2. The van der Waals surface area contributed by atoms with Gasteiger partial charge in [0.05, 0.1) is 23.9 Å². The number of aromatic nitrogens is 1. The Kier molecular flexibility index (Phi) is 6.31. The SMILES string of the molecule is COC(=O)c1c(COC(=O)C(C)Sc2ccccc2)nc2ccccc2c1C. The van der Waals surface area contributed by atoms with Gasteiger partial charge < -0.3 is 9.47 Å². The van der Waals surface area contributed by atoms with Crippen molar-refractivity contribution in [2.45, 2.75) is 30.6 Å². The van der Waals surface area contributed by atoms with Crippen LogP contribution in [0.1, 0.15) is 28.5 Å². The molecule has 3 aromatic rings. The van der Waals surface area contributed by atoms with Crippen molar-refractivity contribution in [1.82, 2.24) is 4.98 Å². The Labute approximate surface area is 168 Å². The van der Waals surface area contributed by atoms with Crippen LogP contribution >= 0.6 is 11.8 Å². The van der Waals surface area contributed by atoms with Gasteiger partial charge in [0.15, 0.2) is 0 Å². The molecular weight excluding hydrogens is 374 g/mol. The van der Waals surface area contributed by atoms with E-state index in [1.54, 1.807) is 6.92 Å². The minimum absolute atomic E-state index is 0.0887. The number of aryl methyl sites for hydroxylation is 1. The minimum atomic E-state index is -0.492. The van der Waals surface area contributed by atoms with Crippen LogP contribution in [0, 0.1) is 6.92 Å². The first-order valence-electron chi connectivity index (χ1n) is 8.86. The van der Waals surface area contributed by atoms with Crippen molar-refractivity contribution < 1.29 is 19.1 Å². The Bertz CT molecular complexity index is 1000. The lowest BCUT2D eigenvalue weighted by molar-refractivity contribution is -0.144. The van der Waals surface area contributed by atoms with E-state index in [4.69, 9.17) is 9.47 Å². The molecule has 0 saturated carbocycles. The van der Waals surface area contributed by atoms with E-state index in [1.807, 2.05) is 61.5 Å². The number of carbonyl (C=O) groups is 2. The first kappa shape index (κ1) is 19.9. The van der Waals surface area contributed by atoms with E-state index in [0.29, 0.717) is 11.3 Å². The van der Waals surface area contributed by atoms with E-state index in [0.717, 1.165) is 21.4 Å². The van der Waals surface area contributed by atoms with Crippen molar-refractivity contribution in [3.05, 3.63) is 71.4 Å². The zero-order valence-electron chi connectivity index (χ0n) is 16.0. The summed E-state index contributed by atoms with van der Waals surface area (Å²) < 4.78 is 10.4. The number of nitrogens with zero attached hydrogens (tertiary/aromatic N) is 1. The Balaban J connectivity index is 1.81. The summed E-state index contributed by atoms with van der Waals surface area (Å²) in [7, 11) is 1.32. The van der Waals surface area contributed by atoms with Crippen molar-refractivity contribution in [3.8, 4) is 0 Å². The molecule has 2 aromatic carbocycles. The average molecular weight is 395 g/mol. The van der Waals surface area contributed by atoms with Crippen LogP contribution in [0.3, 0.4) is 0 Å². The first-order valence-corrected chi connectivity index (χ1v) is 9.74. The summed E-state index contributed by atoms with van der Waals surface area (Å²) in [5, 5.41) is 0.483. The van der Waals surface area contributed by atoms with Gasteiger partial charge in [-0.15, -0.1) is 11.8 Å². The number of benzene rings is 2. The maximum atomic E-state index is 12.4. The second kappa shape index (κ2) is 8.89. The number of hydrogen-bond acceptors (Lipinski definition) is 6. The number of para-hydroxylation sites is 1. The number of thioether (sulfide) groups is 1. The molecule has 0 saturated heterocycles. The quantitative estimate of drug-likeness (QED) is 0.450. The van der Waals surface area contributed by atoms with Crippen molar-refractivity contribution >= 4 is 34.6 Å². The summed E-state index contributed by atoms with van der Waals surface area (Å²) in [4.78, 5) is 30.3. The molecular formula is C22H21NO4S. The van der Waals surface area contributed by atoms with Gasteiger partial charge in [0, 0.05) is 10.3 Å². The molecule has 144 valence electrons. The fourth-order valence-electron chi connectivity index (χ4n) is 2.93. The van der Waals surface area contributed by atoms with Crippen LogP contribution < -0.4 is 0 Å². The monoisotopic (exact) mass is 395 g/mol. The van der Waals surface area contributed by atoms with Crippen molar-refractivity contribution in [2.24, 2.45) is 0 Å². The van der Waals surface area contributed by atoms with Gasteiger partial charge in [0.2, 0.25) is 0 Å². The fraction of sp³-hybridized carbons (Fsp3) is 0.227. The van der Waals surface area contributed by atoms with Crippen LogP contribution in [0.25, 0.3) is 10.9 Å². The van der Waals surface area contributed by atoms with E-state index in [-0.39, 0.29) is 17.8 Å². The zero-order valence-corrected chi connectivity index (χ0v) is 16.8. The Morgan fingerprint density at radius 2 is 1.75 bits per heavy atom. The lowest BCUT2D eigenvalue weighted by Gasteiger charge is -2.15. The van der Waals surface area contributed by atoms with Gasteiger partial charge in [-0.25, -0.2) is 9.78 Å². The molecule has 0 spiro atoms. The van der Waals surface area contributed by atoms with Crippen LogP contribution in [0.5, 0.6) is 0 Å².